The Morgan fingerprint density at radius 2 is 1.94 bits per heavy atom. The van der Waals surface area contributed by atoms with Crippen molar-refractivity contribution in [3.8, 4) is 11.5 Å². The lowest BCUT2D eigenvalue weighted by Gasteiger charge is -2.38. The van der Waals surface area contributed by atoms with Crippen molar-refractivity contribution in [1.82, 2.24) is 25.1 Å². The predicted octanol–water partition coefficient (Wildman–Crippen LogP) is 5.10. The zero-order chi connectivity index (χ0) is 35.8. The number of pyridine rings is 1. The normalized spacial score (nSPS) is 19.1. The van der Waals surface area contributed by atoms with Crippen LogP contribution in [0.25, 0.3) is 0 Å². The van der Waals surface area contributed by atoms with Crippen molar-refractivity contribution in [1.29, 1.82) is 0 Å². The summed E-state index contributed by atoms with van der Waals surface area (Å²) in [4.78, 5) is 56.9. The number of benzene rings is 2. The summed E-state index contributed by atoms with van der Waals surface area (Å²) in [6.07, 6.45) is 3.00. The van der Waals surface area contributed by atoms with Gasteiger partial charge in [0.25, 0.3) is 0 Å². The van der Waals surface area contributed by atoms with Gasteiger partial charge in [-0.15, -0.1) is 11.3 Å². The van der Waals surface area contributed by atoms with Gasteiger partial charge in [-0.3, -0.25) is 14.8 Å². The summed E-state index contributed by atoms with van der Waals surface area (Å²) in [5.41, 5.74) is 0.967. The van der Waals surface area contributed by atoms with E-state index in [1.54, 1.807) is 33.5 Å². The second kappa shape index (κ2) is 14.0. The molecule has 3 aliphatic rings. The number of urea groups is 1. The predicted molar refractivity (Wildman–Crippen MR) is 182 cm³/mol. The molecule has 2 atom stereocenters. The fourth-order valence-corrected chi connectivity index (χ4v) is 7.09. The highest BCUT2D eigenvalue weighted by Crippen LogP contribution is 2.37. The Balaban J connectivity index is 1.09. The van der Waals surface area contributed by atoms with Gasteiger partial charge in [-0.25, -0.2) is 33.1 Å². The maximum atomic E-state index is 14.4. The Morgan fingerprint density at radius 1 is 1.10 bits per heavy atom. The van der Waals surface area contributed by atoms with Crippen LogP contribution in [0.1, 0.15) is 27.0 Å². The number of ether oxygens (including phenoxy) is 2. The van der Waals surface area contributed by atoms with Crippen LogP contribution >= 0.6 is 22.9 Å². The van der Waals surface area contributed by atoms with Crippen molar-refractivity contribution in [3.63, 3.8) is 0 Å². The molecule has 0 aliphatic carbocycles. The number of amidine groups is 1. The van der Waals surface area contributed by atoms with Crippen LogP contribution in [0.15, 0.2) is 82.6 Å². The lowest BCUT2D eigenvalue weighted by atomic mass is 9.95. The zero-order valence-corrected chi connectivity index (χ0v) is 28.3. The molecule has 0 unspecified atom stereocenters. The summed E-state index contributed by atoms with van der Waals surface area (Å²) in [6, 6.07) is 9.07. The smallest absolute Gasteiger partial charge is 0.338 e. The van der Waals surface area contributed by atoms with Gasteiger partial charge in [-0.2, -0.15) is 0 Å². The highest BCUT2D eigenvalue weighted by atomic mass is 35.5. The van der Waals surface area contributed by atoms with Crippen LogP contribution < -0.4 is 15.0 Å². The topological polar surface area (TPSA) is 150 Å². The standard InChI is InChI=1S/C34H28ClF2N7O6S/c1-49-33(47)28-25(40-30(31-38-8-11-51-31)41-29(28)22-5-3-19(36)13-23(22)35)17-42-9-10-43-20(15-42)16-44(34(43)48)27-7-4-21(14-39-27)50-26-6-2-18(32(45)46)12-24(26)37/h2-8,11-14,20,29H,9-10,15-17H2,1H3,(H,40,41)(H,45,46)/t20-,29-/m0/s1. The lowest BCUT2D eigenvalue weighted by Crippen LogP contribution is -2.53. The molecule has 0 radical (unpaired) electrons. The summed E-state index contributed by atoms with van der Waals surface area (Å²) in [5.74, 6) is -2.40. The first kappa shape index (κ1) is 34.0. The Morgan fingerprint density at radius 3 is 2.63 bits per heavy atom. The number of methoxy groups -OCH3 is 1. The average Bonchev–Trinajstić information content (AvgIpc) is 3.77. The van der Waals surface area contributed by atoms with E-state index in [2.05, 4.69) is 20.2 Å². The largest absolute Gasteiger partial charge is 0.478 e. The first-order valence-corrected chi connectivity index (χ1v) is 16.8. The molecule has 13 nitrogen and oxygen atoms in total. The molecule has 4 aromatic rings. The summed E-state index contributed by atoms with van der Waals surface area (Å²) in [6.45, 7) is 1.99. The number of hydrogen-bond donors (Lipinski definition) is 2. The fraction of sp³-hybridized carbons (Fsp3) is 0.235. The van der Waals surface area contributed by atoms with Crippen molar-refractivity contribution in [3.05, 3.63) is 110 Å². The number of anilines is 1. The van der Waals surface area contributed by atoms with Crippen LogP contribution in [0.4, 0.5) is 19.4 Å². The second-order valence-electron chi connectivity index (χ2n) is 11.8. The van der Waals surface area contributed by atoms with Gasteiger partial charge in [0.1, 0.15) is 23.4 Å². The molecular weight excluding hydrogens is 708 g/mol. The molecule has 2 aromatic heterocycles. The number of aliphatic imine (C=N–C) groups is 1. The number of nitrogens with one attached hydrogen (secondary N) is 1. The molecule has 0 saturated carbocycles. The van der Waals surface area contributed by atoms with E-state index < -0.39 is 29.6 Å². The van der Waals surface area contributed by atoms with Gasteiger partial charge in [0.15, 0.2) is 22.4 Å². The number of halogens is 3. The third-order valence-electron chi connectivity index (χ3n) is 8.65. The highest BCUT2D eigenvalue weighted by molar-refractivity contribution is 7.11. The molecular formula is C34H28ClF2N7O6S. The highest BCUT2D eigenvalue weighted by Gasteiger charge is 2.43. The minimum absolute atomic E-state index is 0.109. The number of aromatic nitrogens is 2. The van der Waals surface area contributed by atoms with E-state index >= 15 is 0 Å². The number of carbonyl (C=O) groups excluding carboxylic acids is 2. The second-order valence-corrected chi connectivity index (χ2v) is 13.1. The van der Waals surface area contributed by atoms with E-state index in [-0.39, 0.29) is 46.3 Å². The zero-order valence-electron chi connectivity index (χ0n) is 26.8. The molecule has 262 valence electrons. The summed E-state index contributed by atoms with van der Waals surface area (Å²) >= 11 is 7.84. The number of hydrogen-bond acceptors (Lipinski definition) is 11. The number of esters is 1. The quantitative estimate of drug-likeness (QED) is 0.222. The number of fused-ring (bicyclic) bond motifs is 1. The Bertz CT molecular complexity index is 2080. The van der Waals surface area contributed by atoms with Crippen molar-refractivity contribution in [2.75, 3.05) is 44.7 Å². The number of aromatic carboxylic acids is 1. The van der Waals surface area contributed by atoms with Crippen molar-refractivity contribution in [2.45, 2.75) is 12.1 Å². The Labute approximate surface area is 298 Å². The van der Waals surface area contributed by atoms with Gasteiger partial charge in [0.2, 0.25) is 0 Å². The molecule has 0 spiro atoms. The summed E-state index contributed by atoms with van der Waals surface area (Å²) < 4.78 is 39.1. The van der Waals surface area contributed by atoms with Gasteiger partial charge in [-0.1, -0.05) is 17.7 Å². The van der Waals surface area contributed by atoms with E-state index in [0.29, 0.717) is 54.1 Å². The molecule has 0 bridgehead atoms. The first-order chi connectivity index (χ1) is 24.6. The SMILES string of the molecule is COC(=O)C1=C(CN2CCN3C(=O)N(c4ccc(Oc5ccc(C(=O)O)cc5F)cn4)C[C@@H]3C2)NC(c2nccs2)=N[C@H]1c1ccc(F)cc1Cl. The Hall–Kier alpha value is -5.45. The third kappa shape index (κ3) is 6.85. The molecule has 2 saturated heterocycles. The number of carbonyl (C=O) groups is 3. The molecule has 2 amide bonds. The molecule has 2 fully saturated rings. The van der Waals surface area contributed by atoms with Gasteiger partial charge in [0, 0.05) is 54.0 Å². The average molecular weight is 736 g/mol. The maximum absolute atomic E-state index is 14.4. The monoisotopic (exact) mass is 735 g/mol. The summed E-state index contributed by atoms with van der Waals surface area (Å²) in [5, 5.41) is 14.9. The van der Waals surface area contributed by atoms with Crippen LogP contribution in [-0.4, -0.2) is 94.6 Å². The fourth-order valence-electron chi connectivity index (χ4n) is 6.23. The molecule has 51 heavy (non-hydrogen) atoms. The minimum Gasteiger partial charge on any atom is -0.478 e. The number of rotatable bonds is 9. The van der Waals surface area contributed by atoms with Crippen molar-refractivity contribution in [2.24, 2.45) is 4.99 Å². The van der Waals surface area contributed by atoms with E-state index in [9.17, 15) is 23.2 Å². The van der Waals surface area contributed by atoms with Crippen LogP contribution in [-0.2, 0) is 9.53 Å². The molecule has 7 rings (SSSR count). The number of carboxylic acid groups (broad SMARTS) is 1. The van der Waals surface area contributed by atoms with E-state index in [4.69, 9.17) is 31.2 Å². The number of nitrogens with zero attached hydrogens (tertiary/aromatic N) is 6. The lowest BCUT2D eigenvalue weighted by molar-refractivity contribution is -0.136. The molecule has 3 aliphatic heterocycles. The van der Waals surface area contributed by atoms with Crippen molar-refractivity contribution >= 4 is 52.6 Å². The first-order valence-electron chi connectivity index (χ1n) is 15.6. The van der Waals surface area contributed by atoms with Crippen molar-refractivity contribution < 1.29 is 37.7 Å². The van der Waals surface area contributed by atoms with Crippen LogP contribution in [0.5, 0.6) is 11.5 Å². The number of carboxylic acids is 1. The number of piperazine rings is 1. The summed E-state index contributed by atoms with van der Waals surface area (Å²) in [7, 11) is 1.28. The molecule has 2 N–H and O–H groups in total. The Kier molecular flexibility index (Phi) is 9.37. The molecule has 17 heteroatoms. The van der Waals surface area contributed by atoms with Crippen LogP contribution in [0.3, 0.4) is 0 Å². The van der Waals surface area contributed by atoms with Crippen LogP contribution in [0, 0.1) is 11.6 Å². The van der Waals surface area contributed by atoms with Gasteiger partial charge < -0.3 is 24.8 Å². The third-order valence-corrected chi connectivity index (χ3v) is 9.75. The van der Waals surface area contributed by atoms with Crippen LogP contribution in [0.2, 0.25) is 5.02 Å². The van der Waals surface area contributed by atoms with Gasteiger partial charge in [-0.05, 0) is 42.5 Å². The maximum Gasteiger partial charge on any atom is 0.338 e. The number of amides is 2. The van der Waals surface area contributed by atoms with Gasteiger partial charge in [0.05, 0.1) is 37.0 Å². The van der Waals surface area contributed by atoms with E-state index in [1.165, 1.54) is 55.0 Å². The van der Waals surface area contributed by atoms with E-state index in [1.807, 2.05) is 0 Å². The van der Waals surface area contributed by atoms with E-state index in [0.717, 1.165) is 6.07 Å². The number of thiazole rings is 1. The minimum atomic E-state index is -1.26. The molecule has 5 heterocycles. The van der Waals surface area contributed by atoms with Gasteiger partial charge >= 0.3 is 18.0 Å². The molecule has 2 aromatic carbocycles.